The van der Waals surface area contributed by atoms with Gasteiger partial charge in [-0.25, -0.2) is 4.39 Å². The minimum Gasteiger partial charge on any atom is -0.382 e. The molecule has 0 bridgehead atoms. The number of aryl methyl sites for hydroxylation is 1. The van der Waals surface area contributed by atoms with Crippen molar-refractivity contribution in [2.24, 2.45) is 12.2 Å². The molecule has 1 aromatic heterocycles. The summed E-state index contributed by atoms with van der Waals surface area (Å²) in [6, 6.07) is 6.20. The van der Waals surface area contributed by atoms with E-state index in [1.165, 1.54) is 29.1 Å². The van der Waals surface area contributed by atoms with Crippen LogP contribution in [-0.4, -0.2) is 27.5 Å². The Morgan fingerprint density at radius 1 is 1.58 bits per heavy atom. The number of aromatic nitrogens is 2. The number of amides is 1. The molecule has 2 aromatic rings. The Kier molecular flexibility index (Phi) is 4.18. The van der Waals surface area contributed by atoms with Gasteiger partial charge in [-0.1, -0.05) is 22.8 Å². The number of nitriles is 1. The molecule has 0 saturated carbocycles. The molecule has 24 heavy (non-hydrogen) atoms. The van der Waals surface area contributed by atoms with Gasteiger partial charge in [0.15, 0.2) is 0 Å². The predicted molar refractivity (Wildman–Crippen MR) is 84.0 cm³/mol. The van der Waals surface area contributed by atoms with Gasteiger partial charge in [0.05, 0.1) is 22.5 Å². The third-order valence-corrected chi connectivity index (χ3v) is 3.83. The first-order valence-corrected chi connectivity index (χ1v) is 7.29. The fourth-order valence-electron chi connectivity index (χ4n) is 2.30. The molecule has 3 rings (SSSR count). The van der Waals surface area contributed by atoms with Gasteiger partial charge in [0.25, 0.3) is 5.91 Å². The van der Waals surface area contributed by atoms with E-state index in [0.29, 0.717) is 0 Å². The van der Waals surface area contributed by atoms with Gasteiger partial charge in [0, 0.05) is 13.5 Å². The quantitative estimate of drug-likeness (QED) is 0.921. The van der Waals surface area contributed by atoms with Crippen molar-refractivity contribution < 1.29 is 14.0 Å². The normalized spacial score (nSPS) is 16.2. The number of benzene rings is 1. The van der Waals surface area contributed by atoms with Crippen LogP contribution in [-0.2, 0) is 16.7 Å². The molecule has 0 fully saturated rings. The first kappa shape index (κ1) is 16.0. The summed E-state index contributed by atoms with van der Waals surface area (Å²) in [7, 11) is 1.59. The van der Waals surface area contributed by atoms with E-state index in [4.69, 9.17) is 21.7 Å². The summed E-state index contributed by atoms with van der Waals surface area (Å²) in [4.78, 5) is 17.4. The Hall–Kier alpha value is -2.92. The molecule has 7 nitrogen and oxygen atoms in total. The fourth-order valence-corrected chi connectivity index (χ4v) is 2.58. The minimum absolute atomic E-state index is 0.0617. The third-order valence-electron chi connectivity index (χ3n) is 3.51. The van der Waals surface area contributed by atoms with Gasteiger partial charge in [-0.05, 0) is 12.1 Å². The summed E-state index contributed by atoms with van der Waals surface area (Å²) in [5, 5.41) is 19.4. The van der Waals surface area contributed by atoms with Crippen molar-refractivity contribution in [3.8, 4) is 6.07 Å². The van der Waals surface area contributed by atoms with Gasteiger partial charge in [-0.2, -0.15) is 10.4 Å². The summed E-state index contributed by atoms with van der Waals surface area (Å²) >= 11 is 5.99. The highest BCUT2D eigenvalue weighted by atomic mass is 35.5. The van der Waals surface area contributed by atoms with E-state index >= 15 is 0 Å². The summed E-state index contributed by atoms with van der Waals surface area (Å²) in [6.45, 7) is 0. The number of hydrogen-bond donors (Lipinski definition) is 1. The van der Waals surface area contributed by atoms with Crippen LogP contribution in [0.15, 0.2) is 29.6 Å². The van der Waals surface area contributed by atoms with Crippen molar-refractivity contribution in [1.82, 2.24) is 9.78 Å². The number of anilines is 1. The molecule has 0 radical (unpaired) electrons. The van der Waals surface area contributed by atoms with Crippen molar-refractivity contribution in [3.63, 3.8) is 0 Å². The molecule has 0 spiro atoms. The van der Waals surface area contributed by atoms with Gasteiger partial charge in [-0.3, -0.25) is 9.48 Å². The molecular formula is C15H11ClFN5O2. The van der Waals surface area contributed by atoms with E-state index in [0.717, 1.165) is 0 Å². The molecule has 2 heterocycles. The lowest BCUT2D eigenvalue weighted by Gasteiger charge is -2.10. The monoisotopic (exact) mass is 347 g/mol. The standard InChI is InChI=1S/C15H11ClFN5O2/c1-22-14(8(6-18)7-19-22)20-15(23)12-5-11(21-24-12)13-9(16)3-2-4-10(13)17/h2-4,7,12H,5H2,1H3,(H,20,23)/t12-/m1/s1. The highest BCUT2D eigenvalue weighted by Gasteiger charge is 2.32. The number of halogens is 2. The Labute approximate surface area is 141 Å². The zero-order valence-electron chi connectivity index (χ0n) is 12.5. The topological polar surface area (TPSA) is 92.3 Å². The van der Waals surface area contributed by atoms with E-state index in [2.05, 4.69) is 15.6 Å². The van der Waals surface area contributed by atoms with Gasteiger partial charge in [-0.15, -0.1) is 0 Å². The maximum absolute atomic E-state index is 13.9. The number of nitrogens with one attached hydrogen (secondary N) is 1. The summed E-state index contributed by atoms with van der Waals surface area (Å²) < 4.78 is 15.3. The van der Waals surface area contributed by atoms with E-state index in [1.807, 2.05) is 6.07 Å². The summed E-state index contributed by atoms with van der Waals surface area (Å²) in [5.74, 6) is -0.797. The largest absolute Gasteiger partial charge is 0.382 e. The van der Waals surface area contributed by atoms with E-state index in [-0.39, 0.29) is 34.1 Å². The van der Waals surface area contributed by atoms with E-state index < -0.39 is 17.8 Å². The van der Waals surface area contributed by atoms with Crippen LogP contribution in [0.1, 0.15) is 17.5 Å². The highest BCUT2D eigenvalue weighted by Crippen LogP contribution is 2.26. The van der Waals surface area contributed by atoms with Crippen molar-refractivity contribution in [1.29, 1.82) is 5.26 Å². The van der Waals surface area contributed by atoms with Gasteiger partial charge < -0.3 is 10.2 Å². The lowest BCUT2D eigenvalue weighted by atomic mass is 10.0. The van der Waals surface area contributed by atoms with Gasteiger partial charge in [0.1, 0.15) is 23.3 Å². The molecule has 1 aliphatic rings. The Morgan fingerprint density at radius 2 is 2.38 bits per heavy atom. The van der Waals surface area contributed by atoms with Gasteiger partial charge in [0.2, 0.25) is 6.10 Å². The van der Waals surface area contributed by atoms with Crippen LogP contribution in [0.25, 0.3) is 0 Å². The van der Waals surface area contributed by atoms with Crippen LogP contribution in [0.5, 0.6) is 0 Å². The van der Waals surface area contributed by atoms with Crippen molar-refractivity contribution >= 4 is 29.0 Å². The Balaban J connectivity index is 1.74. The lowest BCUT2D eigenvalue weighted by molar-refractivity contribution is -0.125. The molecule has 1 amide bonds. The molecule has 9 heteroatoms. The maximum Gasteiger partial charge on any atom is 0.269 e. The van der Waals surface area contributed by atoms with Gasteiger partial charge >= 0.3 is 0 Å². The molecule has 1 aliphatic heterocycles. The first-order valence-electron chi connectivity index (χ1n) is 6.91. The zero-order chi connectivity index (χ0) is 17.3. The summed E-state index contributed by atoms with van der Waals surface area (Å²) in [5.41, 5.74) is 0.596. The molecule has 0 unspecified atom stereocenters. The highest BCUT2D eigenvalue weighted by molar-refractivity contribution is 6.34. The van der Waals surface area contributed by atoms with Crippen LogP contribution in [0.4, 0.5) is 10.2 Å². The zero-order valence-corrected chi connectivity index (χ0v) is 13.2. The van der Waals surface area contributed by atoms with Crippen LogP contribution < -0.4 is 5.32 Å². The number of carbonyl (C=O) groups excluding carboxylic acids is 1. The second-order valence-electron chi connectivity index (χ2n) is 5.06. The Morgan fingerprint density at radius 3 is 3.08 bits per heavy atom. The fraction of sp³-hybridized carbons (Fsp3) is 0.200. The van der Waals surface area contributed by atoms with Crippen LogP contribution in [0.2, 0.25) is 5.02 Å². The number of rotatable bonds is 3. The molecule has 0 saturated heterocycles. The SMILES string of the molecule is Cn1ncc(C#N)c1NC(=O)[C@H]1CC(c2c(F)cccc2Cl)=NO1. The molecule has 0 aliphatic carbocycles. The average Bonchev–Trinajstić information content (AvgIpc) is 3.15. The number of carbonyl (C=O) groups is 1. The number of nitrogens with zero attached hydrogens (tertiary/aromatic N) is 4. The lowest BCUT2D eigenvalue weighted by Crippen LogP contribution is -2.29. The Bertz CT molecular complexity index is 866. The van der Waals surface area contributed by atoms with Crippen molar-refractivity contribution in [3.05, 3.63) is 46.4 Å². The van der Waals surface area contributed by atoms with Crippen molar-refractivity contribution in [2.75, 3.05) is 5.32 Å². The third kappa shape index (κ3) is 2.81. The van der Waals surface area contributed by atoms with E-state index in [1.54, 1.807) is 7.05 Å². The average molecular weight is 348 g/mol. The molecule has 1 aromatic carbocycles. The second-order valence-corrected chi connectivity index (χ2v) is 5.47. The number of hydrogen-bond acceptors (Lipinski definition) is 5. The number of oxime groups is 1. The van der Waals surface area contributed by atoms with Crippen LogP contribution in [0, 0.1) is 17.1 Å². The molecule has 122 valence electrons. The smallest absolute Gasteiger partial charge is 0.269 e. The predicted octanol–water partition coefficient (Wildman–Crippen LogP) is 2.22. The van der Waals surface area contributed by atoms with Crippen LogP contribution in [0.3, 0.4) is 0 Å². The first-order chi connectivity index (χ1) is 11.5. The second kappa shape index (κ2) is 6.29. The molecular weight excluding hydrogens is 337 g/mol. The van der Waals surface area contributed by atoms with E-state index in [9.17, 15) is 9.18 Å². The molecule has 1 atom stereocenters. The van der Waals surface area contributed by atoms with Crippen molar-refractivity contribution in [2.45, 2.75) is 12.5 Å². The molecule has 1 N–H and O–H groups in total. The summed E-state index contributed by atoms with van der Waals surface area (Å²) in [6.07, 6.45) is 0.454. The maximum atomic E-state index is 13.9. The van der Waals surface area contributed by atoms with Crippen LogP contribution >= 0.6 is 11.6 Å². The minimum atomic E-state index is -0.947.